The van der Waals surface area contributed by atoms with E-state index in [9.17, 15) is 14.4 Å². The minimum Gasteiger partial charge on any atom is -0.322 e. The predicted octanol–water partition coefficient (Wildman–Crippen LogP) is 5.84. The van der Waals surface area contributed by atoms with Crippen molar-refractivity contribution >= 4 is 46.9 Å². The number of hydrazone groups is 1. The van der Waals surface area contributed by atoms with Crippen molar-refractivity contribution in [3.8, 4) is 16.9 Å². The maximum atomic E-state index is 12.8. The van der Waals surface area contributed by atoms with Gasteiger partial charge in [-0.1, -0.05) is 71.8 Å². The summed E-state index contributed by atoms with van der Waals surface area (Å²) in [5, 5.41) is 14.5. The largest absolute Gasteiger partial charge is 0.329 e. The van der Waals surface area contributed by atoms with E-state index in [-0.39, 0.29) is 11.3 Å². The number of aromatic nitrogens is 2. The molecule has 0 radical (unpaired) electrons. The average Bonchev–Trinajstić information content (AvgIpc) is 3.43. The molecule has 5 aromatic rings. The second kappa shape index (κ2) is 12.8. The topological polar surface area (TPSA) is 117 Å². The number of carbonyl (C=O) groups excluding carboxylic acids is 3. The molecule has 0 saturated heterocycles. The average molecular weight is 577 g/mol. The first-order valence-corrected chi connectivity index (χ1v) is 13.3. The lowest BCUT2D eigenvalue weighted by atomic mass is 10.1. The van der Waals surface area contributed by atoms with Gasteiger partial charge in [0.05, 0.1) is 23.2 Å². The Kier molecular flexibility index (Phi) is 8.50. The van der Waals surface area contributed by atoms with Gasteiger partial charge in [-0.25, -0.2) is 10.1 Å². The van der Waals surface area contributed by atoms with Crippen LogP contribution in [0, 0.1) is 6.92 Å². The number of rotatable bonds is 7. The Bertz CT molecular complexity index is 1760. The van der Waals surface area contributed by atoms with Crippen molar-refractivity contribution in [2.75, 3.05) is 10.6 Å². The van der Waals surface area contributed by atoms with Crippen molar-refractivity contribution < 1.29 is 14.4 Å². The van der Waals surface area contributed by atoms with Gasteiger partial charge in [0, 0.05) is 28.0 Å². The number of hydrogen-bond donors (Lipinski definition) is 3. The van der Waals surface area contributed by atoms with Crippen LogP contribution >= 0.6 is 11.6 Å². The van der Waals surface area contributed by atoms with Gasteiger partial charge in [-0.15, -0.1) is 0 Å². The van der Waals surface area contributed by atoms with Crippen LogP contribution in [0.4, 0.5) is 11.4 Å². The number of hydrogen-bond acceptors (Lipinski definition) is 5. The fourth-order valence-electron chi connectivity index (χ4n) is 4.04. The Morgan fingerprint density at radius 2 is 1.50 bits per heavy atom. The minimum atomic E-state index is -1.01. The maximum absolute atomic E-state index is 12.8. The van der Waals surface area contributed by atoms with Crippen LogP contribution in [0.25, 0.3) is 16.9 Å². The highest BCUT2D eigenvalue weighted by Gasteiger charge is 2.18. The van der Waals surface area contributed by atoms with Gasteiger partial charge in [0.25, 0.3) is 5.91 Å². The zero-order valence-electron chi connectivity index (χ0n) is 22.4. The van der Waals surface area contributed by atoms with Crippen LogP contribution in [0.15, 0.2) is 114 Å². The van der Waals surface area contributed by atoms with Gasteiger partial charge in [0.15, 0.2) is 0 Å². The van der Waals surface area contributed by atoms with Crippen LogP contribution in [0.5, 0.6) is 0 Å². The molecule has 1 heterocycles. The molecule has 0 aliphatic rings. The van der Waals surface area contributed by atoms with Crippen molar-refractivity contribution in [2.45, 2.75) is 6.92 Å². The molecule has 0 saturated carbocycles. The highest BCUT2D eigenvalue weighted by molar-refractivity contribution is 6.40. The molecular formula is C32H25ClN6O3. The van der Waals surface area contributed by atoms with E-state index in [4.69, 9.17) is 16.7 Å². The number of benzene rings is 4. The molecule has 0 spiro atoms. The molecule has 0 atom stereocenters. The molecule has 42 heavy (non-hydrogen) atoms. The Hall–Kier alpha value is -5.54. The molecule has 1 aromatic heterocycles. The monoisotopic (exact) mass is 576 g/mol. The first-order valence-electron chi connectivity index (χ1n) is 12.9. The smallest absolute Gasteiger partial charge is 0.322 e. The Morgan fingerprint density at radius 3 is 2.24 bits per heavy atom. The number of anilines is 2. The molecule has 4 aromatic carbocycles. The van der Waals surface area contributed by atoms with Crippen molar-refractivity contribution in [1.82, 2.24) is 15.2 Å². The SMILES string of the molecule is Cc1ccc(-c2nn(-c3ccccc3)cc2/C=N\NC(=O)C(=O)Nc2ccccc2C(=O)Nc2ccc(Cl)cc2)cc1. The van der Waals surface area contributed by atoms with Gasteiger partial charge < -0.3 is 10.6 Å². The standard InChI is InChI=1S/C32H25ClN6O3/c1-21-11-13-22(14-12-21)29-23(20-39(38-29)26-7-3-2-4-8-26)19-34-37-32(42)31(41)36-28-10-6-5-9-27(28)30(40)35-25-17-15-24(33)16-18-25/h2-20H,1H3,(H,35,40)(H,36,41)(H,37,42)/b34-19-. The molecule has 3 amide bonds. The molecule has 3 N–H and O–H groups in total. The van der Waals surface area contributed by atoms with Crippen LogP contribution in [-0.2, 0) is 9.59 Å². The van der Waals surface area contributed by atoms with Crippen molar-refractivity contribution in [3.05, 3.63) is 131 Å². The molecule has 0 bridgehead atoms. The first kappa shape index (κ1) is 28.0. The quantitative estimate of drug-likeness (QED) is 0.128. The van der Waals surface area contributed by atoms with E-state index in [2.05, 4.69) is 21.2 Å². The highest BCUT2D eigenvalue weighted by atomic mass is 35.5. The minimum absolute atomic E-state index is 0.166. The second-order valence-corrected chi connectivity index (χ2v) is 9.68. The highest BCUT2D eigenvalue weighted by Crippen LogP contribution is 2.23. The van der Waals surface area contributed by atoms with Crippen molar-refractivity contribution in [2.24, 2.45) is 5.10 Å². The van der Waals surface area contributed by atoms with Crippen LogP contribution in [0.2, 0.25) is 5.02 Å². The van der Waals surface area contributed by atoms with Gasteiger partial charge in [-0.2, -0.15) is 10.2 Å². The Balaban J connectivity index is 1.29. The van der Waals surface area contributed by atoms with Crippen molar-refractivity contribution in [3.63, 3.8) is 0 Å². The van der Waals surface area contributed by atoms with E-state index in [1.165, 1.54) is 18.3 Å². The normalized spacial score (nSPS) is 10.8. The Morgan fingerprint density at radius 1 is 0.810 bits per heavy atom. The number of amides is 3. The number of nitrogens with zero attached hydrogens (tertiary/aromatic N) is 3. The lowest BCUT2D eigenvalue weighted by molar-refractivity contribution is -0.136. The van der Waals surface area contributed by atoms with Crippen LogP contribution in [0.3, 0.4) is 0 Å². The summed E-state index contributed by atoms with van der Waals surface area (Å²) in [6.45, 7) is 2.00. The van der Waals surface area contributed by atoms with Gasteiger partial charge in [-0.05, 0) is 55.5 Å². The van der Waals surface area contributed by atoms with Gasteiger partial charge in [0.1, 0.15) is 5.69 Å². The summed E-state index contributed by atoms with van der Waals surface area (Å²) in [4.78, 5) is 38.1. The summed E-state index contributed by atoms with van der Waals surface area (Å²) in [5.74, 6) is -2.46. The molecule has 5 rings (SSSR count). The molecule has 10 heteroatoms. The number of carbonyl (C=O) groups is 3. The zero-order chi connectivity index (χ0) is 29.5. The van der Waals surface area contributed by atoms with Crippen LogP contribution in [-0.4, -0.2) is 33.7 Å². The maximum Gasteiger partial charge on any atom is 0.329 e. The molecule has 0 aliphatic heterocycles. The molecule has 9 nitrogen and oxygen atoms in total. The van der Waals surface area contributed by atoms with Crippen molar-refractivity contribution in [1.29, 1.82) is 0 Å². The molecule has 0 unspecified atom stereocenters. The summed E-state index contributed by atoms with van der Waals surface area (Å²) in [7, 11) is 0. The Labute approximate surface area is 246 Å². The summed E-state index contributed by atoms with van der Waals surface area (Å²) in [5.41, 5.74) is 7.24. The number of halogens is 1. The fraction of sp³-hybridized carbons (Fsp3) is 0.0312. The summed E-state index contributed by atoms with van der Waals surface area (Å²) in [6.07, 6.45) is 3.22. The number of para-hydroxylation sites is 2. The van der Waals surface area contributed by atoms with E-state index >= 15 is 0 Å². The lowest BCUT2D eigenvalue weighted by Gasteiger charge is -2.11. The molecular weight excluding hydrogens is 552 g/mol. The molecule has 0 aliphatic carbocycles. The van der Waals surface area contributed by atoms with Crippen LogP contribution < -0.4 is 16.1 Å². The molecule has 208 valence electrons. The summed E-state index contributed by atoms with van der Waals surface area (Å²) < 4.78 is 1.72. The first-order chi connectivity index (χ1) is 20.4. The number of aryl methyl sites for hydroxylation is 1. The van der Waals surface area contributed by atoms with Gasteiger partial charge in [-0.3, -0.25) is 14.4 Å². The van der Waals surface area contributed by atoms with E-state index in [0.717, 1.165) is 16.8 Å². The zero-order valence-corrected chi connectivity index (χ0v) is 23.2. The summed E-state index contributed by atoms with van der Waals surface area (Å²) in [6, 6.07) is 30.4. The van der Waals surface area contributed by atoms with Gasteiger partial charge in [0.2, 0.25) is 0 Å². The van der Waals surface area contributed by atoms with Crippen LogP contribution in [0.1, 0.15) is 21.5 Å². The lowest BCUT2D eigenvalue weighted by Crippen LogP contribution is -2.33. The fourth-order valence-corrected chi connectivity index (χ4v) is 4.17. The van der Waals surface area contributed by atoms with E-state index in [1.54, 1.807) is 47.3 Å². The third-order valence-electron chi connectivity index (χ3n) is 6.19. The van der Waals surface area contributed by atoms with E-state index in [0.29, 0.717) is 22.0 Å². The third-order valence-corrected chi connectivity index (χ3v) is 6.44. The molecule has 0 fully saturated rings. The third kappa shape index (κ3) is 6.78. The predicted molar refractivity (Wildman–Crippen MR) is 164 cm³/mol. The number of nitrogens with one attached hydrogen (secondary N) is 3. The van der Waals surface area contributed by atoms with Gasteiger partial charge >= 0.3 is 11.8 Å². The second-order valence-electron chi connectivity index (χ2n) is 9.24. The summed E-state index contributed by atoms with van der Waals surface area (Å²) >= 11 is 5.90. The van der Waals surface area contributed by atoms with E-state index in [1.807, 2.05) is 61.5 Å². The van der Waals surface area contributed by atoms with E-state index < -0.39 is 17.7 Å².